The molecule has 0 saturated heterocycles. The normalized spacial score (nSPS) is 12.6. The zero-order valence-corrected chi connectivity index (χ0v) is 10.5. The van der Waals surface area contributed by atoms with Crippen LogP contribution < -0.4 is 5.32 Å². The van der Waals surface area contributed by atoms with Crippen molar-refractivity contribution in [2.45, 2.75) is 26.3 Å². The van der Waals surface area contributed by atoms with Crippen LogP contribution in [0.3, 0.4) is 0 Å². The molecule has 2 aromatic rings. The topological polar surface area (TPSA) is 42.7 Å². The first kappa shape index (κ1) is 11.8. The minimum Gasteiger partial charge on any atom is -0.313 e. The van der Waals surface area contributed by atoms with E-state index in [0.717, 1.165) is 18.1 Å². The molecule has 1 atom stereocenters. The van der Waals surface area contributed by atoms with Gasteiger partial charge in [0.05, 0.1) is 0 Å². The summed E-state index contributed by atoms with van der Waals surface area (Å²) >= 11 is 0. The van der Waals surface area contributed by atoms with Crippen LogP contribution in [-0.4, -0.2) is 21.6 Å². The number of rotatable bonds is 4. The van der Waals surface area contributed by atoms with Gasteiger partial charge in [-0.1, -0.05) is 6.92 Å². The van der Waals surface area contributed by atoms with E-state index in [2.05, 4.69) is 35.2 Å². The van der Waals surface area contributed by atoms with E-state index in [1.807, 2.05) is 36.3 Å². The van der Waals surface area contributed by atoms with Gasteiger partial charge >= 0.3 is 0 Å². The molecule has 2 rings (SSSR count). The van der Waals surface area contributed by atoms with Gasteiger partial charge in [0, 0.05) is 31.1 Å². The zero-order chi connectivity index (χ0) is 12.3. The van der Waals surface area contributed by atoms with Crippen LogP contribution in [-0.2, 0) is 6.42 Å². The van der Waals surface area contributed by atoms with E-state index in [1.54, 1.807) is 0 Å². The predicted molar refractivity (Wildman–Crippen MR) is 68.2 cm³/mol. The third-order valence-corrected chi connectivity index (χ3v) is 2.98. The summed E-state index contributed by atoms with van der Waals surface area (Å²) in [6.45, 7) is 4.23. The molecule has 0 radical (unpaired) electrons. The fourth-order valence-corrected chi connectivity index (χ4v) is 1.81. The Balaban J connectivity index is 2.39. The van der Waals surface area contributed by atoms with Gasteiger partial charge in [0.1, 0.15) is 11.6 Å². The van der Waals surface area contributed by atoms with Gasteiger partial charge in [-0.15, -0.1) is 0 Å². The Morgan fingerprint density at radius 2 is 2.18 bits per heavy atom. The average Bonchev–Trinajstić information content (AvgIpc) is 2.86. The molecular formula is C13H18N4. The summed E-state index contributed by atoms with van der Waals surface area (Å²) in [6, 6.07) is 4.46. The largest absolute Gasteiger partial charge is 0.313 e. The number of aryl methyl sites for hydroxylation is 1. The van der Waals surface area contributed by atoms with Crippen LogP contribution in [0.5, 0.6) is 0 Å². The van der Waals surface area contributed by atoms with Crippen LogP contribution in [0.1, 0.15) is 31.3 Å². The number of nitrogens with zero attached hydrogens (tertiary/aromatic N) is 3. The van der Waals surface area contributed by atoms with Crippen LogP contribution in [0.4, 0.5) is 0 Å². The van der Waals surface area contributed by atoms with Crippen molar-refractivity contribution in [3.63, 3.8) is 0 Å². The Kier molecular flexibility index (Phi) is 3.54. The maximum absolute atomic E-state index is 4.40. The number of hydrogen-bond donors (Lipinski definition) is 1. The molecule has 2 heterocycles. The summed E-state index contributed by atoms with van der Waals surface area (Å²) in [6.07, 6.45) is 6.52. The van der Waals surface area contributed by atoms with Crippen molar-refractivity contribution in [2.24, 2.45) is 0 Å². The monoisotopic (exact) mass is 230 g/mol. The number of hydrogen-bond acceptors (Lipinski definition) is 3. The number of imidazole rings is 1. The Bertz CT molecular complexity index is 490. The first-order chi connectivity index (χ1) is 8.26. The van der Waals surface area contributed by atoms with Crippen LogP contribution in [0, 0.1) is 0 Å². The van der Waals surface area contributed by atoms with Gasteiger partial charge in [-0.05, 0) is 31.7 Å². The van der Waals surface area contributed by atoms with Gasteiger partial charge in [-0.25, -0.2) is 9.97 Å². The summed E-state index contributed by atoms with van der Waals surface area (Å²) in [4.78, 5) is 8.72. The number of nitrogens with one attached hydrogen (secondary N) is 1. The standard InChI is InChI=1S/C13H18N4/c1-4-12-16-7-8-17(12)13-9-11(5-6-15-13)10(2)14-3/h5-10,14H,4H2,1-3H3. The molecule has 0 aliphatic heterocycles. The highest BCUT2D eigenvalue weighted by Gasteiger charge is 2.07. The van der Waals surface area contributed by atoms with Gasteiger partial charge in [-0.3, -0.25) is 4.57 Å². The van der Waals surface area contributed by atoms with Crippen molar-refractivity contribution in [3.8, 4) is 5.82 Å². The molecule has 0 saturated carbocycles. The molecule has 0 spiro atoms. The minimum absolute atomic E-state index is 0.324. The average molecular weight is 230 g/mol. The van der Waals surface area contributed by atoms with Crippen LogP contribution >= 0.6 is 0 Å². The van der Waals surface area contributed by atoms with E-state index in [9.17, 15) is 0 Å². The van der Waals surface area contributed by atoms with E-state index in [-0.39, 0.29) is 0 Å². The zero-order valence-electron chi connectivity index (χ0n) is 10.5. The molecule has 90 valence electrons. The van der Waals surface area contributed by atoms with Gasteiger partial charge in [0.2, 0.25) is 0 Å². The second kappa shape index (κ2) is 5.10. The lowest BCUT2D eigenvalue weighted by atomic mass is 10.1. The molecule has 0 amide bonds. The van der Waals surface area contributed by atoms with Crippen molar-refractivity contribution in [3.05, 3.63) is 42.1 Å². The number of aromatic nitrogens is 3. The van der Waals surface area contributed by atoms with Gasteiger partial charge in [0.15, 0.2) is 0 Å². The molecular weight excluding hydrogens is 212 g/mol. The number of pyridine rings is 1. The van der Waals surface area contributed by atoms with Crippen LogP contribution in [0.2, 0.25) is 0 Å². The fourth-order valence-electron chi connectivity index (χ4n) is 1.81. The van der Waals surface area contributed by atoms with Crippen LogP contribution in [0.25, 0.3) is 5.82 Å². The molecule has 0 aromatic carbocycles. The lowest BCUT2D eigenvalue weighted by Crippen LogP contribution is -2.13. The van der Waals surface area contributed by atoms with E-state index < -0.39 is 0 Å². The molecule has 2 aromatic heterocycles. The quantitative estimate of drug-likeness (QED) is 0.874. The maximum atomic E-state index is 4.40. The predicted octanol–water partition coefficient (Wildman–Crippen LogP) is 2.11. The highest BCUT2D eigenvalue weighted by atomic mass is 15.1. The molecule has 0 bridgehead atoms. The Labute approximate surface area is 102 Å². The first-order valence-electron chi connectivity index (χ1n) is 5.92. The van der Waals surface area contributed by atoms with Crippen molar-refractivity contribution in [1.29, 1.82) is 0 Å². The third-order valence-electron chi connectivity index (χ3n) is 2.98. The van der Waals surface area contributed by atoms with Crippen LogP contribution in [0.15, 0.2) is 30.7 Å². The summed E-state index contributed by atoms with van der Waals surface area (Å²) in [7, 11) is 1.96. The summed E-state index contributed by atoms with van der Waals surface area (Å²) in [5.41, 5.74) is 1.23. The van der Waals surface area contributed by atoms with E-state index in [4.69, 9.17) is 0 Å². The second-order valence-corrected chi connectivity index (χ2v) is 4.02. The SMILES string of the molecule is CCc1nccn1-c1cc(C(C)NC)ccn1. The molecule has 17 heavy (non-hydrogen) atoms. The van der Waals surface area contributed by atoms with E-state index in [1.165, 1.54) is 5.56 Å². The smallest absolute Gasteiger partial charge is 0.138 e. The Hall–Kier alpha value is -1.68. The Morgan fingerprint density at radius 1 is 1.35 bits per heavy atom. The molecule has 0 fully saturated rings. The summed E-state index contributed by atoms with van der Waals surface area (Å²) in [5.74, 6) is 1.96. The fraction of sp³-hybridized carbons (Fsp3) is 0.385. The molecule has 0 aliphatic carbocycles. The lowest BCUT2D eigenvalue weighted by molar-refractivity contribution is 0.650. The van der Waals surface area contributed by atoms with Crippen molar-refractivity contribution in [2.75, 3.05) is 7.05 Å². The Morgan fingerprint density at radius 3 is 2.88 bits per heavy atom. The second-order valence-electron chi connectivity index (χ2n) is 4.02. The van der Waals surface area contributed by atoms with E-state index >= 15 is 0 Å². The highest BCUT2D eigenvalue weighted by Crippen LogP contribution is 2.15. The van der Waals surface area contributed by atoms with Crippen molar-refractivity contribution in [1.82, 2.24) is 19.9 Å². The molecule has 4 heteroatoms. The first-order valence-corrected chi connectivity index (χ1v) is 5.92. The highest BCUT2D eigenvalue weighted by molar-refractivity contribution is 5.31. The third kappa shape index (κ3) is 2.36. The molecule has 1 unspecified atom stereocenters. The minimum atomic E-state index is 0.324. The van der Waals surface area contributed by atoms with Gasteiger partial charge < -0.3 is 5.32 Å². The van der Waals surface area contributed by atoms with Crippen molar-refractivity contribution >= 4 is 0 Å². The summed E-state index contributed by atoms with van der Waals surface area (Å²) < 4.78 is 2.03. The lowest BCUT2D eigenvalue weighted by Gasteiger charge is -2.12. The van der Waals surface area contributed by atoms with Crippen molar-refractivity contribution < 1.29 is 0 Å². The maximum Gasteiger partial charge on any atom is 0.138 e. The molecule has 4 nitrogen and oxygen atoms in total. The van der Waals surface area contributed by atoms with Gasteiger partial charge in [-0.2, -0.15) is 0 Å². The summed E-state index contributed by atoms with van der Waals surface area (Å²) in [5, 5.41) is 3.23. The molecule has 1 N–H and O–H groups in total. The molecule has 0 aliphatic rings. The van der Waals surface area contributed by atoms with Gasteiger partial charge in [0.25, 0.3) is 0 Å². The van der Waals surface area contributed by atoms with E-state index in [0.29, 0.717) is 6.04 Å².